The molecule has 0 spiro atoms. The molecule has 1 heterocycles. The summed E-state index contributed by atoms with van der Waals surface area (Å²) in [5.74, 6) is 2.28. The van der Waals surface area contributed by atoms with Crippen molar-refractivity contribution in [3.8, 4) is 11.5 Å². The van der Waals surface area contributed by atoms with Crippen LogP contribution in [0.1, 0.15) is 36.2 Å². The number of carbonyl (C=O) groups excluding carboxylic acids is 1. The molecule has 1 saturated heterocycles. The summed E-state index contributed by atoms with van der Waals surface area (Å²) in [7, 11) is 1.56. The Labute approximate surface area is 196 Å². The van der Waals surface area contributed by atoms with Crippen LogP contribution in [0, 0.1) is 0 Å². The smallest absolute Gasteiger partial charge is 0.171 e. The summed E-state index contributed by atoms with van der Waals surface area (Å²) in [5, 5.41) is 9.69. The van der Waals surface area contributed by atoms with Gasteiger partial charge in [0.15, 0.2) is 12.0 Å². The average molecular weight is 455 g/mol. The first-order valence-electron chi connectivity index (χ1n) is 11.4. The highest BCUT2D eigenvalue weighted by Crippen LogP contribution is 2.29. The van der Waals surface area contributed by atoms with Gasteiger partial charge in [-0.15, -0.1) is 0 Å². The molecular formula is C26H34N2O5. The Morgan fingerprint density at radius 3 is 2.48 bits per heavy atom. The van der Waals surface area contributed by atoms with Crippen molar-refractivity contribution in [2.75, 3.05) is 46.4 Å². The number of benzene rings is 2. The number of aldehydes is 1. The van der Waals surface area contributed by atoms with Gasteiger partial charge in [0.2, 0.25) is 0 Å². The molecule has 178 valence electrons. The maximum Gasteiger partial charge on any atom is 0.171 e. The fourth-order valence-electron chi connectivity index (χ4n) is 3.81. The van der Waals surface area contributed by atoms with Crippen LogP contribution in [-0.4, -0.2) is 73.9 Å². The minimum atomic E-state index is -0.384. The van der Waals surface area contributed by atoms with Crippen LogP contribution < -0.4 is 9.47 Å². The summed E-state index contributed by atoms with van der Waals surface area (Å²) < 4.78 is 17.5. The van der Waals surface area contributed by atoms with Gasteiger partial charge in [0, 0.05) is 38.3 Å². The molecule has 7 heteroatoms. The Bertz CT molecular complexity index is 922. The van der Waals surface area contributed by atoms with Crippen molar-refractivity contribution in [2.45, 2.75) is 26.5 Å². The Hall–Kier alpha value is -2.87. The predicted molar refractivity (Wildman–Crippen MR) is 128 cm³/mol. The quantitative estimate of drug-likeness (QED) is 0.316. The van der Waals surface area contributed by atoms with E-state index in [9.17, 15) is 9.90 Å². The molecule has 1 aliphatic rings. The highest BCUT2D eigenvalue weighted by Gasteiger charge is 2.19. The number of ether oxygens (including phenoxy) is 3. The Kier molecular flexibility index (Phi) is 9.30. The summed E-state index contributed by atoms with van der Waals surface area (Å²) in [5.41, 5.74) is 1.28. The fraction of sp³-hybridized carbons (Fsp3) is 0.423. The third-order valence-corrected chi connectivity index (χ3v) is 5.78. The zero-order valence-electron chi connectivity index (χ0n) is 19.7. The molecule has 0 saturated carbocycles. The van der Waals surface area contributed by atoms with E-state index in [0.717, 1.165) is 51.0 Å². The van der Waals surface area contributed by atoms with Crippen molar-refractivity contribution in [3.05, 3.63) is 65.4 Å². The average Bonchev–Trinajstić information content (AvgIpc) is 2.85. The number of rotatable bonds is 11. The van der Waals surface area contributed by atoms with E-state index in [1.807, 2.05) is 44.2 Å². The molecule has 1 N–H and O–H groups in total. The van der Waals surface area contributed by atoms with Crippen LogP contribution in [0.3, 0.4) is 0 Å². The van der Waals surface area contributed by atoms with Crippen LogP contribution in [0.5, 0.6) is 11.5 Å². The molecule has 0 aliphatic carbocycles. The van der Waals surface area contributed by atoms with Crippen molar-refractivity contribution < 1.29 is 24.1 Å². The molecule has 2 aromatic rings. The molecule has 33 heavy (non-hydrogen) atoms. The monoisotopic (exact) mass is 454 g/mol. The lowest BCUT2D eigenvalue weighted by Crippen LogP contribution is -2.49. The van der Waals surface area contributed by atoms with Gasteiger partial charge in [-0.2, -0.15) is 0 Å². The van der Waals surface area contributed by atoms with Gasteiger partial charge < -0.3 is 24.2 Å². The van der Waals surface area contributed by atoms with Crippen LogP contribution in [0.4, 0.5) is 0 Å². The van der Waals surface area contributed by atoms with Crippen LogP contribution >= 0.6 is 0 Å². The summed E-state index contributed by atoms with van der Waals surface area (Å²) >= 11 is 0. The molecule has 2 aromatic carbocycles. The van der Waals surface area contributed by atoms with E-state index < -0.39 is 0 Å². The lowest BCUT2D eigenvalue weighted by Gasteiger charge is -2.36. The van der Waals surface area contributed by atoms with Crippen molar-refractivity contribution in [1.82, 2.24) is 9.80 Å². The van der Waals surface area contributed by atoms with E-state index >= 15 is 0 Å². The Morgan fingerprint density at radius 1 is 1.12 bits per heavy atom. The van der Waals surface area contributed by atoms with Gasteiger partial charge in [-0.25, -0.2) is 0 Å². The molecule has 1 atom stereocenters. The fourth-order valence-corrected chi connectivity index (χ4v) is 3.81. The number of aliphatic hydroxyl groups is 1. The van der Waals surface area contributed by atoms with Crippen LogP contribution in [0.2, 0.25) is 0 Å². The molecule has 0 amide bonds. The van der Waals surface area contributed by atoms with Gasteiger partial charge in [0.05, 0.1) is 19.3 Å². The number of carbonyl (C=O) groups is 1. The molecule has 3 rings (SSSR count). The maximum atomic E-state index is 11.6. The number of allylic oxidation sites excluding steroid dienone is 1. The summed E-state index contributed by atoms with van der Waals surface area (Å²) in [6.45, 7) is 8.85. The van der Waals surface area contributed by atoms with Crippen molar-refractivity contribution in [3.63, 3.8) is 0 Å². The largest absolute Gasteiger partial charge is 0.497 e. The first kappa shape index (κ1) is 24.8. The summed E-state index contributed by atoms with van der Waals surface area (Å²) in [6, 6.07) is 14.9. The second-order valence-corrected chi connectivity index (χ2v) is 8.09. The molecule has 1 unspecified atom stereocenters. The number of aliphatic hydroxyl groups excluding tert-OH is 1. The molecule has 1 fully saturated rings. The first-order valence-corrected chi connectivity index (χ1v) is 11.4. The predicted octanol–water partition coefficient (Wildman–Crippen LogP) is 3.64. The number of nitrogens with zero attached hydrogens (tertiary/aromatic N) is 2. The van der Waals surface area contributed by atoms with Crippen molar-refractivity contribution in [1.29, 1.82) is 0 Å². The van der Waals surface area contributed by atoms with Crippen molar-refractivity contribution in [2.24, 2.45) is 0 Å². The number of hydrogen-bond acceptors (Lipinski definition) is 7. The highest BCUT2D eigenvalue weighted by atomic mass is 16.5. The van der Waals surface area contributed by atoms with Crippen LogP contribution in [0.15, 0.2) is 54.3 Å². The van der Waals surface area contributed by atoms with Gasteiger partial charge in [-0.3, -0.25) is 9.69 Å². The molecule has 1 aliphatic heterocycles. The third kappa shape index (κ3) is 7.05. The van der Waals surface area contributed by atoms with E-state index in [1.54, 1.807) is 25.3 Å². The van der Waals surface area contributed by atoms with Gasteiger partial charge in [0.25, 0.3) is 0 Å². The van der Waals surface area contributed by atoms with Gasteiger partial charge in [0.1, 0.15) is 23.5 Å². The van der Waals surface area contributed by atoms with E-state index in [4.69, 9.17) is 14.2 Å². The number of methoxy groups -OCH3 is 1. The van der Waals surface area contributed by atoms with Gasteiger partial charge in [-0.05, 0) is 38.5 Å². The second kappa shape index (κ2) is 12.4. The summed E-state index contributed by atoms with van der Waals surface area (Å²) in [4.78, 5) is 16.1. The number of hydrogen-bond donors (Lipinski definition) is 1. The summed E-state index contributed by atoms with van der Waals surface area (Å²) in [6.07, 6.45) is 1.26. The molecule has 7 nitrogen and oxygen atoms in total. The third-order valence-electron chi connectivity index (χ3n) is 5.78. The molecule has 0 aromatic heterocycles. The lowest BCUT2D eigenvalue weighted by atomic mass is 10.1. The van der Waals surface area contributed by atoms with E-state index in [1.165, 1.54) is 0 Å². The normalized spacial score (nSPS) is 16.6. The van der Waals surface area contributed by atoms with Gasteiger partial charge >= 0.3 is 0 Å². The first-order chi connectivity index (χ1) is 16.0. The van der Waals surface area contributed by atoms with Crippen molar-refractivity contribution >= 4 is 12.0 Å². The lowest BCUT2D eigenvalue weighted by molar-refractivity contribution is -0.0136. The minimum absolute atomic E-state index is 0.384. The Balaban J connectivity index is 1.64. The minimum Gasteiger partial charge on any atom is -0.497 e. The maximum absolute atomic E-state index is 11.6. The standard InChI is InChI=1S/C26H34N2O5/c1-20(32-17-7-12-27-13-15-28(16-14-27)21(2)30)26(22-8-5-4-6-9-22)33-25-11-10-24(31-3)18-23(25)19-29/h4-6,8-11,18-19,21,30H,7,12-17H2,1-3H3/b26-20+. The zero-order valence-corrected chi connectivity index (χ0v) is 19.7. The zero-order chi connectivity index (χ0) is 23.6. The van der Waals surface area contributed by atoms with Gasteiger partial charge in [-0.1, -0.05) is 30.3 Å². The highest BCUT2D eigenvalue weighted by molar-refractivity contribution is 5.81. The Morgan fingerprint density at radius 2 is 1.85 bits per heavy atom. The van der Waals surface area contributed by atoms with E-state index in [-0.39, 0.29) is 6.23 Å². The molecule has 0 radical (unpaired) electrons. The van der Waals surface area contributed by atoms with E-state index in [0.29, 0.717) is 35.2 Å². The molecule has 0 bridgehead atoms. The van der Waals surface area contributed by atoms with Crippen LogP contribution in [0.25, 0.3) is 5.76 Å². The van der Waals surface area contributed by atoms with Crippen LogP contribution in [-0.2, 0) is 4.74 Å². The topological polar surface area (TPSA) is 71.5 Å². The molecular weight excluding hydrogens is 420 g/mol. The van der Waals surface area contributed by atoms with E-state index in [2.05, 4.69) is 9.80 Å². The SMILES string of the molecule is COc1ccc(O/C(=C(\C)OCCCN2CCN(C(C)O)CC2)c2ccccc2)c(C=O)c1. The second-order valence-electron chi connectivity index (χ2n) is 8.09. The number of piperazine rings is 1.